The van der Waals surface area contributed by atoms with E-state index in [9.17, 15) is 13.6 Å². The lowest BCUT2D eigenvalue weighted by Crippen LogP contribution is -2.35. The van der Waals surface area contributed by atoms with Crippen LogP contribution in [0.1, 0.15) is 25.7 Å². The van der Waals surface area contributed by atoms with Crippen LogP contribution < -0.4 is 5.48 Å². The SMILES string of the molecule is CONC(=O)C1CCC(F)(F)CC1. The van der Waals surface area contributed by atoms with Crippen molar-refractivity contribution in [3.63, 3.8) is 0 Å². The third kappa shape index (κ3) is 2.91. The number of carbonyl (C=O) groups is 1. The van der Waals surface area contributed by atoms with E-state index in [1.165, 1.54) is 7.11 Å². The summed E-state index contributed by atoms with van der Waals surface area (Å²) in [6.45, 7) is 0. The minimum Gasteiger partial charge on any atom is -0.277 e. The Morgan fingerprint density at radius 1 is 1.46 bits per heavy atom. The van der Waals surface area contributed by atoms with E-state index in [2.05, 4.69) is 10.3 Å². The Bertz CT molecular complexity index is 187. The molecule has 1 aliphatic carbocycles. The molecule has 0 aromatic heterocycles. The number of carbonyl (C=O) groups excluding carboxylic acids is 1. The molecule has 0 aromatic rings. The molecule has 1 saturated carbocycles. The van der Waals surface area contributed by atoms with Gasteiger partial charge in [0.1, 0.15) is 0 Å². The predicted octanol–water partition coefficient (Wildman–Crippen LogP) is 1.49. The summed E-state index contributed by atoms with van der Waals surface area (Å²) in [6, 6.07) is 0. The molecular formula is C8H13F2NO2. The first-order chi connectivity index (χ1) is 6.05. The van der Waals surface area contributed by atoms with E-state index in [0.717, 1.165) is 0 Å². The van der Waals surface area contributed by atoms with Gasteiger partial charge in [-0.2, -0.15) is 0 Å². The standard InChI is InChI=1S/C8H13F2NO2/c1-13-11-7(12)6-2-4-8(9,10)5-3-6/h6H,2-5H2,1H3,(H,11,12). The zero-order chi connectivity index (χ0) is 9.90. The molecule has 13 heavy (non-hydrogen) atoms. The van der Waals surface area contributed by atoms with E-state index in [1.807, 2.05) is 0 Å². The minimum absolute atomic E-state index is 0.200. The van der Waals surface area contributed by atoms with Crippen molar-refractivity contribution in [1.29, 1.82) is 0 Å². The predicted molar refractivity (Wildman–Crippen MR) is 42.1 cm³/mol. The molecule has 0 spiro atoms. The highest BCUT2D eigenvalue weighted by Gasteiger charge is 2.37. The fraction of sp³-hybridized carbons (Fsp3) is 0.875. The van der Waals surface area contributed by atoms with Crippen LogP contribution in [0.5, 0.6) is 0 Å². The van der Waals surface area contributed by atoms with Gasteiger partial charge in [0.25, 0.3) is 0 Å². The number of amides is 1. The number of alkyl halides is 2. The zero-order valence-corrected chi connectivity index (χ0v) is 7.48. The quantitative estimate of drug-likeness (QED) is 0.675. The van der Waals surface area contributed by atoms with Crippen molar-refractivity contribution in [3.05, 3.63) is 0 Å². The number of hydrogen-bond donors (Lipinski definition) is 1. The summed E-state index contributed by atoms with van der Waals surface area (Å²) < 4.78 is 25.3. The molecular weight excluding hydrogens is 180 g/mol. The van der Waals surface area contributed by atoms with E-state index in [-0.39, 0.29) is 37.5 Å². The molecule has 1 fully saturated rings. The number of rotatable bonds is 2. The van der Waals surface area contributed by atoms with Crippen LogP contribution in [0, 0.1) is 5.92 Å². The Morgan fingerprint density at radius 3 is 2.46 bits per heavy atom. The smallest absolute Gasteiger partial charge is 0.248 e. The van der Waals surface area contributed by atoms with Crippen LogP contribution in [0.25, 0.3) is 0 Å². The molecule has 0 unspecified atom stereocenters. The Balaban J connectivity index is 2.36. The van der Waals surface area contributed by atoms with E-state index in [4.69, 9.17) is 0 Å². The molecule has 0 aliphatic heterocycles. The van der Waals surface area contributed by atoms with Crippen LogP contribution >= 0.6 is 0 Å². The van der Waals surface area contributed by atoms with Crippen LogP contribution in [0.4, 0.5) is 8.78 Å². The summed E-state index contributed by atoms with van der Waals surface area (Å²) in [7, 11) is 1.33. The van der Waals surface area contributed by atoms with Crippen LogP contribution in [0.3, 0.4) is 0 Å². The fourth-order valence-electron chi connectivity index (χ4n) is 1.49. The normalized spacial score (nSPS) is 22.7. The van der Waals surface area contributed by atoms with Crippen molar-refractivity contribution in [2.24, 2.45) is 5.92 Å². The van der Waals surface area contributed by atoms with E-state index >= 15 is 0 Å². The Hall–Kier alpha value is -0.710. The average Bonchev–Trinajstić information content (AvgIpc) is 2.04. The summed E-state index contributed by atoms with van der Waals surface area (Å²) in [6.07, 6.45) is 0.0774. The van der Waals surface area contributed by atoms with E-state index in [0.29, 0.717) is 0 Å². The number of nitrogens with one attached hydrogen (secondary N) is 1. The molecule has 1 N–H and O–H groups in total. The largest absolute Gasteiger partial charge is 0.277 e. The molecule has 0 heterocycles. The van der Waals surface area contributed by atoms with Gasteiger partial charge in [0.05, 0.1) is 7.11 Å². The fourth-order valence-corrected chi connectivity index (χ4v) is 1.49. The van der Waals surface area contributed by atoms with Gasteiger partial charge in [-0.3, -0.25) is 9.63 Å². The second-order valence-corrected chi connectivity index (χ2v) is 3.30. The molecule has 1 aliphatic rings. The van der Waals surface area contributed by atoms with Crippen LogP contribution in [-0.2, 0) is 9.63 Å². The van der Waals surface area contributed by atoms with E-state index in [1.54, 1.807) is 0 Å². The molecule has 5 heteroatoms. The topological polar surface area (TPSA) is 38.3 Å². The van der Waals surface area contributed by atoms with Gasteiger partial charge in [-0.25, -0.2) is 14.3 Å². The third-order valence-electron chi connectivity index (χ3n) is 2.29. The van der Waals surface area contributed by atoms with Gasteiger partial charge in [0.2, 0.25) is 11.8 Å². The first kappa shape index (κ1) is 10.4. The van der Waals surface area contributed by atoms with Crippen LogP contribution in [-0.4, -0.2) is 18.9 Å². The van der Waals surface area contributed by atoms with Crippen molar-refractivity contribution in [3.8, 4) is 0 Å². The van der Waals surface area contributed by atoms with Crippen LogP contribution in [0.15, 0.2) is 0 Å². The molecule has 1 amide bonds. The summed E-state index contributed by atoms with van der Waals surface area (Å²) in [4.78, 5) is 15.5. The maximum absolute atomic E-state index is 12.7. The Labute approximate surface area is 75.4 Å². The first-order valence-electron chi connectivity index (χ1n) is 4.26. The monoisotopic (exact) mass is 193 g/mol. The summed E-state index contributed by atoms with van der Waals surface area (Å²) >= 11 is 0. The highest BCUT2D eigenvalue weighted by Crippen LogP contribution is 2.35. The highest BCUT2D eigenvalue weighted by atomic mass is 19.3. The minimum atomic E-state index is -2.58. The molecule has 3 nitrogen and oxygen atoms in total. The van der Waals surface area contributed by atoms with Gasteiger partial charge >= 0.3 is 0 Å². The van der Waals surface area contributed by atoms with Crippen molar-refractivity contribution in [2.45, 2.75) is 31.6 Å². The molecule has 0 bridgehead atoms. The van der Waals surface area contributed by atoms with Gasteiger partial charge in [0.15, 0.2) is 0 Å². The van der Waals surface area contributed by atoms with Gasteiger partial charge in [0, 0.05) is 18.8 Å². The van der Waals surface area contributed by atoms with Crippen molar-refractivity contribution in [2.75, 3.05) is 7.11 Å². The third-order valence-corrected chi connectivity index (χ3v) is 2.29. The van der Waals surface area contributed by atoms with Crippen molar-refractivity contribution >= 4 is 5.91 Å². The lowest BCUT2D eigenvalue weighted by atomic mass is 9.86. The molecule has 76 valence electrons. The molecule has 0 atom stereocenters. The van der Waals surface area contributed by atoms with Crippen molar-refractivity contribution < 1.29 is 18.4 Å². The van der Waals surface area contributed by atoms with Gasteiger partial charge in [-0.05, 0) is 12.8 Å². The van der Waals surface area contributed by atoms with Gasteiger partial charge < -0.3 is 0 Å². The molecule has 1 rings (SSSR count). The average molecular weight is 193 g/mol. The second-order valence-electron chi connectivity index (χ2n) is 3.30. The second kappa shape index (κ2) is 4.00. The highest BCUT2D eigenvalue weighted by molar-refractivity contribution is 5.77. The number of hydroxylamine groups is 1. The van der Waals surface area contributed by atoms with Gasteiger partial charge in [-0.15, -0.1) is 0 Å². The Morgan fingerprint density at radius 2 is 2.00 bits per heavy atom. The molecule has 0 radical (unpaired) electrons. The molecule has 0 saturated heterocycles. The zero-order valence-electron chi connectivity index (χ0n) is 7.48. The summed E-state index contributed by atoms with van der Waals surface area (Å²) in [5, 5.41) is 0. The summed E-state index contributed by atoms with van der Waals surface area (Å²) in [5.74, 6) is -3.19. The van der Waals surface area contributed by atoms with Gasteiger partial charge in [-0.1, -0.05) is 0 Å². The summed E-state index contributed by atoms with van der Waals surface area (Å²) in [5.41, 5.74) is 2.16. The van der Waals surface area contributed by atoms with Crippen LogP contribution in [0.2, 0.25) is 0 Å². The Kier molecular flexibility index (Phi) is 3.19. The lowest BCUT2D eigenvalue weighted by molar-refractivity contribution is -0.139. The molecule has 0 aromatic carbocycles. The number of halogens is 2. The lowest BCUT2D eigenvalue weighted by Gasteiger charge is -2.26. The van der Waals surface area contributed by atoms with Crippen molar-refractivity contribution in [1.82, 2.24) is 5.48 Å². The van der Waals surface area contributed by atoms with E-state index < -0.39 is 5.92 Å². The maximum atomic E-state index is 12.7. The maximum Gasteiger partial charge on any atom is 0.248 e. The first-order valence-corrected chi connectivity index (χ1v) is 4.26. The number of hydrogen-bond acceptors (Lipinski definition) is 2.